The Balaban J connectivity index is 2.46. The van der Waals surface area contributed by atoms with Crippen molar-refractivity contribution in [3.8, 4) is 11.3 Å². The van der Waals surface area contributed by atoms with E-state index in [1.807, 2.05) is 27.7 Å². The Hall–Kier alpha value is -1.63. The first-order valence-electron chi connectivity index (χ1n) is 9.09. The summed E-state index contributed by atoms with van der Waals surface area (Å²) in [6.45, 7) is 15.6. The van der Waals surface area contributed by atoms with Crippen LogP contribution < -0.4 is 0 Å². The highest BCUT2D eigenvalue weighted by Crippen LogP contribution is 2.34. The van der Waals surface area contributed by atoms with Gasteiger partial charge in [0.05, 0.1) is 11.3 Å². The van der Waals surface area contributed by atoms with Crippen LogP contribution in [0, 0.1) is 27.7 Å². The van der Waals surface area contributed by atoms with Gasteiger partial charge >= 0.3 is 5.97 Å². The van der Waals surface area contributed by atoms with Crippen LogP contribution in [0.25, 0.3) is 11.3 Å². The number of halogens is 1. The molecule has 0 amide bonds. The molecule has 0 saturated heterocycles. The Kier molecular flexibility index (Phi) is 6.55. The first kappa shape index (κ1) is 21.7. The number of hydrogen-bond donors (Lipinski definition) is 1. The molecule has 27 heavy (non-hydrogen) atoms. The maximum atomic E-state index is 11.7. The van der Waals surface area contributed by atoms with Crippen molar-refractivity contribution in [1.29, 1.82) is 0 Å². The molecule has 148 valence electrons. The van der Waals surface area contributed by atoms with Gasteiger partial charge in [-0.15, -0.1) is 0 Å². The van der Waals surface area contributed by atoms with Crippen molar-refractivity contribution < 1.29 is 14.6 Å². The third kappa shape index (κ3) is 4.81. The van der Waals surface area contributed by atoms with Gasteiger partial charge in [0.15, 0.2) is 5.15 Å². The lowest BCUT2D eigenvalue weighted by Crippen LogP contribution is -2.22. The van der Waals surface area contributed by atoms with Crippen LogP contribution in [0.4, 0.5) is 0 Å². The second-order valence-electron chi connectivity index (χ2n) is 8.26. The number of aromatic nitrogens is 2. The quantitative estimate of drug-likeness (QED) is 0.488. The summed E-state index contributed by atoms with van der Waals surface area (Å²) in [4.78, 5) is 11.7. The number of benzene rings is 1. The fourth-order valence-electron chi connectivity index (χ4n) is 3.00. The third-order valence-corrected chi connectivity index (χ3v) is 7.11. The SMILES string of the molecule is Cc1c(C(=O)O)cc(-c2c(C)c(Cl)nn2COCC[Si](C)(C)C)c(C)c1C. The standard InChI is InChI=1S/C20H29ClN2O3Si/c1-12-13(2)16(10-17(14(12)3)20(24)25)18-15(4)19(21)22-23(18)11-26-8-9-27(5,6)7/h10H,8-9,11H2,1-7H3,(H,24,25). The molecule has 0 fully saturated rings. The van der Waals surface area contributed by atoms with Crippen molar-refractivity contribution in [3.05, 3.63) is 39.0 Å². The van der Waals surface area contributed by atoms with Gasteiger partial charge < -0.3 is 9.84 Å². The summed E-state index contributed by atoms with van der Waals surface area (Å²) in [5, 5.41) is 14.4. The molecular formula is C20H29ClN2O3Si. The second-order valence-corrected chi connectivity index (χ2v) is 14.2. The summed E-state index contributed by atoms with van der Waals surface area (Å²) in [6.07, 6.45) is 0. The zero-order chi connectivity index (χ0) is 20.5. The fourth-order valence-corrected chi connectivity index (χ4v) is 3.94. The van der Waals surface area contributed by atoms with E-state index >= 15 is 0 Å². The molecule has 7 heteroatoms. The minimum Gasteiger partial charge on any atom is -0.478 e. The molecule has 2 rings (SSSR count). The Morgan fingerprint density at radius 2 is 1.78 bits per heavy atom. The molecule has 2 aromatic rings. The van der Waals surface area contributed by atoms with E-state index in [1.165, 1.54) is 0 Å². The monoisotopic (exact) mass is 408 g/mol. The average Bonchev–Trinajstić information content (AvgIpc) is 2.83. The summed E-state index contributed by atoms with van der Waals surface area (Å²) in [6, 6.07) is 2.79. The van der Waals surface area contributed by atoms with Crippen molar-refractivity contribution in [2.75, 3.05) is 6.61 Å². The summed E-state index contributed by atoms with van der Waals surface area (Å²) >= 11 is 6.30. The van der Waals surface area contributed by atoms with Gasteiger partial charge in [-0.05, 0) is 56.5 Å². The minimum atomic E-state index is -1.17. The maximum absolute atomic E-state index is 11.7. The van der Waals surface area contributed by atoms with Crippen LogP contribution in [-0.2, 0) is 11.5 Å². The lowest BCUT2D eigenvalue weighted by Gasteiger charge is -2.18. The Labute approximate surface area is 167 Å². The van der Waals surface area contributed by atoms with E-state index in [2.05, 4.69) is 24.7 Å². The number of rotatable bonds is 7. The molecule has 0 bridgehead atoms. The maximum Gasteiger partial charge on any atom is 0.335 e. The minimum absolute atomic E-state index is 0.294. The molecule has 1 aromatic carbocycles. The molecule has 0 aliphatic carbocycles. The number of carboxylic acid groups (broad SMARTS) is 1. The summed E-state index contributed by atoms with van der Waals surface area (Å²) in [5.74, 6) is -0.932. The average molecular weight is 409 g/mol. The van der Waals surface area contributed by atoms with Crippen LogP contribution in [0.5, 0.6) is 0 Å². The van der Waals surface area contributed by atoms with E-state index in [4.69, 9.17) is 16.3 Å². The number of ether oxygens (including phenoxy) is 1. The number of nitrogens with zero attached hydrogens (tertiary/aromatic N) is 2. The topological polar surface area (TPSA) is 64.3 Å². The first-order chi connectivity index (χ1) is 12.4. The zero-order valence-corrected chi connectivity index (χ0v) is 19.0. The van der Waals surface area contributed by atoms with Gasteiger partial charge in [-0.3, -0.25) is 0 Å². The highest BCUT2D eigenvalue weighted by Gasteiger charge is 2.21. The van der Waals surface area contributed by atoms with E-state index in [1.54, 1.807) is 10.7 Å². The molecule has 0 saturated carbocycles. The Morgan fingerprint density at radius 1 is 1.15 bits per heavy atom. The molecule has 1 N–H and O–H groups in total. The third-order valence-electron chi connectivity index (χ3n) is 5.05. The van der Waals surface area contributed by atoms with Crippen molar-refractivity contribution in [2.24, 2.45) is 0 Å². The molecule has 0 spiro atoms. The van der Waals surface area contributed by atoms with Gasteiger partial charge in [-0.2, -0.15) is 5.10 Å². The summed E-state index contributed by atoms with van der Waals surface area (Å²) < 4.78 is 7.60. The zero-order valence-electron chi connectivity index (χ0n) is 17.2. The van der Waals surface area contributed by atoms with Gasteiger partial charge in [0.25, 0.3) is 0 Å². The van der Waals surface area contributed by atoms with E-state index in [0.29, 0.717) is 24.1 Å². The van der Waals surface area contributed by atoms with Crippen LogP contribution in [0.1, 0.15) is 32.6 Å². The van der Waals surface area contributed by atoms with Crippen LogP contribution in [0.15, 0.2) is 6.07 Å². The van der Waals surface area contributed by atoms with Gasteiger partial charge in [0, 0.05) is 25.8 Å². The van der Waals surface area contributed by atoms with E-state index < -0.39 is 14.0 Å². The normalized spacial score (nSPS) is 11.9. The lowest BCUT2D eigenvalue weighted by molar-refractivity contribution is 0.0696. The second kappa shape index (κ2) is 8.16. The molecule has 0 radical (unpaired) electrons. The van der Waals surface area contributed by atoms with E-state index in [9.17, 15) is 9.90 Å². The molecule has 1 heterocycles. The molecule has 0 unspecified atom stereocenters. The molecule has 0 aliphatic heterocycles. The molecular weight excluding hydrogens is 380 g/mol. The summed E-state index contributed by atoms with van der Waals surface area (Å²) in [5.41, 5.74) is 5.56. The molecule has 1 aromatic heterocycles. The van der Waals surface area contributed by atoms with Crippen LogP contribution in [-0.4, -0.2) is 35.5 Å². The predicted octanol–water partition coefficient (Wildman–Crippen LogP) is 5.45. The van der Waals surface area contributed by atoms with Crippen LogP contribution >= 0.6 is 11.6 Å². The van der Waals surface area contributed by atoms with Gasteiger partial charge in [0.2, 0.25) is 0 Å². The number of carbonyl (C=O) groups is 1. The van der Waals surface area contributed by atoms with Gasteiger partial charge in [-0.1, -0.05) is 31.2 Å². The number of hydrogen-bond acceptors (Lipinski definition) is 3. The number of carboxylic acids is 1. The largest absolute Gasteiger partial charge is 0.478 e. The van der Waals surface area contributed by atoms with E-state index in [0.717, 1.165) is 39.6 Å². The van der Waals surface area contributed by atoms with Crippen molar-refractivity contribution in [1.82, 2.24) is 9.78 Å². The van der Waals surface area contributed by atoms with Crippen molar-refractivity contribution >= 4 is 25.6 Å². The summed E-state index contributed by atoms with van der Waals surface area (Å²) in [7, 11) is -1.17. The van der Waals surface area contributed by atoms with Gasteiger partial charge in [-0.25, -0.2) is 9.48 Å². The van der Waals surface area contributed by atoms with Crippen LogP contribution in [0.2, 0.25) is 30.8 Å². The van der Waals surface area contributed by atoms with Crippen molar-refractivity contribution in [3.63, 3.8) is 0 Å². The van der Waals surface area contributed by atoms with Gasteiger partial charge in [0.1, 0.15) is 6.73 Å². The molecule has 5 nitrogen and oxygen atoms in total. The van der Waals surface area contributed by atoms with E-state index in [-0.39, 0.29) is 0 Å². The Bertz CT molecular complexity index is 869. The van der Waals surface area contributed by atoms with Crippen LogP contribution in [0.3, 0.4) is 0 Å². The Morgan fingerprint density at radius 3 is 2.33 bits per heavy atom. The first-order valence-corrected chi connectivity index (χ1v) is 13.2. The lowest BCUT2D eigenvalue weighted by atomic mass is 9.91. The predicted molar refractivity (Wildman–Crippen MR) is 113 cm³/mol. The van der Waals surface area contributed by atoms with Crippen molar-refractivity contribution in [2.45, 2.75) is 60.1 Å². The highest BCUT2D eigenvalue weighted by molar-refractivity contribution is 6.76. The highest BCUT2D eigenvalue weighted by atomic mass is 35.5. The molecule has 0 atom stereocenters. The molecule has 0 aliphatic rings. The number of aromatic carboxylic acids is 1. The smallest absolute Gasteiger partial charge is 0.335 e. The fraction of sp³-hybridized carbons (Fsp3) is 0.500.